The van der Waals surface area contributed by atoms with Gasteiger partial charge >= 0.3 is 17.8 Å². The number of nitrogens with zero attached hydrogens (tertiary/aromatic N) is 5. The molecule has 0 bridgehead atoms. The molecule has 1 fully saturated rings. The van der Waals surface area contributed by atoms with E-state index in [0.717, 1.165) is 5.82 Å². The lowest BCUT2D eigenvalue weighted by molar-refractivity contribution is -0.192. The van der Waals surface area contributed by atoms with Crippen molar-refractivity contribution < 1.29 is 37.0 Å². The van der Waals surface area contributed by atoms with Crippen molar-refractivity contribution in [2.75, 3.05) is 24.5 Å². The Morgan fingerprint density at radius 2 is 1.92 bits per heavy atom. The maximum absolute atomic E-state index is 13.5. The lowest BCUT2D eigenvalue weighted by Crippen LogP contribution is -2.54. The summed E-state index contributed by atoms with van der Waals surface area (Å²) in [7, 11) is 0. The number of aliphatic carboxylic acids is 1. The van der Waals surface area contributed by atoms with Crippen LogP contribution in [0, 0.1) is 23.1 Å². The summed E-state index contributed by atoms with van der Waals surface area (Å²) in [5, 5.41) is 16.1. The number of ether oxygens (including phenoxy) is 1. The zero-order valence-corrected chi connectivity index (χ0v) is 19.8. The van der Waals surface area contributed by atoms with Gasteiger partial charge < -0.3 is 19.6 Å². The van der Waals surface area contributed by atoms with Gasteiger partial charge in [-0.2, -0.15) is 23.4 Å². The zero-order valence-electron chi connectivity index (χ0n) is 19.8. The van der Waals surface area contributed by atoms with Gasteiger partial charge in [-0.1, -0.05) is 19.9 Å². The third-order valence-electron chi connectivity index (χ3n) is 5.72. The summed E-state index contributed by atoms with van der Waals surface area (Å²) in [6.45, 7) is 6.12. The normalized spacial score (nSPS) is 16.3. The number of nitriles is 1. The number of fused-ring (bicyclic) bond motifs is 3. The van der Waals surface area contributed by atoms with Gasteiger partial charge in [0.1, 0.15) is 24.3 Å². The summed E-state index contributed by atoms with van der Waals surface area (Å²) in [5.41, 5.74) is 0.138. The Morgan fingerprint density at radius 1 is 1.24 bits per heavy atom. The molecule has 0 radical (unpaired) electrons. The van der Waals surface area contributed by atoms with Gasteiger partial charge in [0, 0.05) is 31.6 Å². The van der Waals surface area contributed by atoms with Gasteiger partial charge in [-0.05, 0) is 17.7 Å². The number of carbonyl (C=O) groups is 2. The molecule has 2 aliphatic heterocycles. The molecule has 1 atom stereocenters. The Kier molecular flexibility index (Phi) is 8.05. The lowest BCUT2D eigenvalue weighted by atomic mass is 10.1. The topological polar surface area (TPSA) is 129 Å². The van der Waals surface area contributed by atoms with E-state index in [0.29, 0.717) is 31.7 Å². The van der Waals surface area contributed by atoms with Crippen LogP contribution in [0.1, 0.15) is 25.0 Å². The average Bonchev–Trinajstić information content (AvgIpc) is 3.21. The first kappa shape index (κ1) is 27.4. The number of hydrogen-bond acceptors (Lipinski definition) is 7. The van der Waals surface area contributed by atoms with Crippen LogP contribution in [-0.2, 0) is 22.7 Å². The highest BCUT2D eigenvalue weighted by Crippen LogP contribution is 2.29. The molecule has 4 rings (SSSR count). The summed E-state index contributed by atoms with van der Waals surface area (Å²) < 4.78 is 52.5. The van der Waals surface area contributed by atoms with E-state index in [4.69, 9.17) is 19.9 Å². The van der Waals surface area contributed by atoms with Gasteiger partial charge in [-0.3, -0.25) is 9.36 Å². The van der Waals surface area contributed by atoms with Gasteiger partial charge in [0.05, 0.1) is 18.2 Å². The molecule has 10 nitrogen and oxygen atoms in total. The fourth-order valence-corrected chi connectivity index (χ4v) is 3.95. The van der Waals surface area contributed by atoms with Crippen LogP contribution in [0.5, 0.6) is 5.88 Å². The predicted octanol–water partition coefficient (Wildman–Crippen LogP) is 2.15. The largest absolute Gasteiger partial charge is 0.490 e. The van der Waals surface area contributed by atoms with Crippen molar-refractivity contribution in [2.45, 2.75) is 39.2 Å². The maximum atomic E-state index is 13.5. The van der Waals surface area contributed by atoms with Crippen LogP contribution in [0.2, 0.25) is 0 Å². The SMILES string of the molecule is CC(C)C(=O)N1CCN2c3cc(OCc4ccc(F)c(C#N)c4)nc(=O)n3CC2C1.O=C(O)C(F)(F)F. The first-order valence-electron chi connectivity index (χ1n) is 11.1. The van der Waals surface area contributed by atoms with Crippen LogP contribution < -0.4 is 15.3 Å². The van der Waals surface area contributed by atoms with E-state index in [2.05, 4.69) is 9.88 Å². The monoisotopic (exact) mass is 525 g/mol. The molecular formula is C23H23F4N5O5. The average molecular weight is 525 g/mol. The van der Waals surface area contributed by atoms with Gasteiger partial charge in [-0.25, -0.2) is 14.0 Å². The maximum Gasteiger partial charge on any atom is 0.490 e. The molecule has 1 saturated heterocycles. The molecule has 2 aromatic rings. The van der Waals surface area contributed by atoms with Crippen molar-refractivity contribution in [1.29, 1.82) is 5.26 Å². The number of carboxylic acid groups (broad SMARTS) is 1. The number of rotatable bonds is 4. The van der Waals surface area contributed by atoms with Gasteiger partial charge in [0.2, 0.25) is 11.8 Å². The van der Waals surface area contributed by atoms with Crippen LogP contribution in [0.15, 0.2) is 29.1 Å². The van der Waals surface area contributed by atoms with Crippen molar-refractivity contribution in [2.24, 2.45) is 5.92 Å². The van der Waals surface area contributed by atoms with E-state index in [9.17, 15) is 27.2 Å². The summed E-state index contributed by atoms with van der Waals surface area (Å²) in [5.74, 6) is -2.38. The predicted molar refractivity (Wildman–Crippen MR) is 120 cm³/mol. The van der Waals surface area contributed by atoms with E-state index in [1.165, 1.54) is 18.2 Å². The van der Waals surface area contributed by atoms with E-state index in [1.54, 1.807) is 16.7 Å². The summed E-state index contributed by atoms with van der Waals surface area (Å²) in [6.07, 6.45) is -5.08. The molecule has 1 N–H and O–H groups in total. The minimum absolute atomic E-state index is 0.0292. The molecule has 1 amide bonds. The van der Waals surface area contributed by atoms with Crippen molar-refractivity contribution in [3.05, 3.63) is 51.7 Å². The minimum Gasteiger partial charge on any atom is -0.475 e. The lowest BCUT2D eigenvalue weighted by Gasteiger charge is -2.38. The molecule has 198 valence electrons. The smallest absolute Gasteiger partial charge is 0.475 e. The Morgan fingerprint density at radius 3 is 2.51 bits per heavy atom. The Bertz CT molecular complexity index is 1290. The van der Waals surface area contributed by atoms with Gasteiger partial charge in [0.25, 0.3) is 0 Å². The quantitative estimate of drug-likeness (QED) is 0.602. The second-order valence-corrected chi connectivity index (χ2v) is 8.65. The van der Waals surface area contributed by atoms with E-state index < -0.39 is 23.7 Å². The number of halogens is 4. The van der Waals surface area contributed by atoms with Crippen molar-refractivity contribution in [3.8, 4) is 11.9 Å². The summed E-state index contributed by atoms with van der Waals surface area (Å²) >= 11 is 0. The molecule has 0 spiro atoms. The highest BCUT2D eigenvalue weighted by Gasteiger charge is 2.38. The van der Waals surface area contributed by atoms with Gasteiger partial charge in [-0.15, -0.1) is 0 Å². The molecule has 0 aliphatic carbocycles. The van der Waals surface area contributed by atoms with Gasteiger partial charge in [0.15, 0.2) is 0 Å². The standard InChI is InChI=1S/C21H22FN5O3.C2HF3O2/c1-13(2)20(28)25-5-6-26-16(10-25)11-27-19(26)8-18(24-21(27)29)30-12-14-3-4-17(22)15(7-14)9-23;3-2(4,5)1(6)7/h3-4,7-8,13,16H,5-6,10-12H2,1-2H3;(H,6,7). The fourth-order valence-electron chi connectivity index (χ4n) is 3.95. The number of hydrogen-bond donors (Lipinski definition) is 1. The first-order valence-corrected chi connectivity index (χ1v) is 11.1. The molecule has 2 aliphatic rings. The number of aromatic nitrogens is 2. The third-order valence-corrected chi connectivity index (χ3v) is 5.72. The Hall–Kier alpha value is -4.15. The number of amides is 1. The van der Waals surface area contributed by atoms with E-state index in [1.807, 2.05) is 18.7 Å². The van der Waals surface area contributed by atoms with E-state index in [-0.39, 0.29) is 35.9 Å². The molecule has 1 unspecified atom stereocenters. The highest BCUT2D eigenvalue weighted by atomic mass is 19.4. The number of anilines is 1. The van der Waals surface area contributed by atoms with Crippen LogP contribution >= 0.6 is 0 Å². The Labute approximate surface area is 208 Å². The number of piperazine rings is 1. The second-order valence-electron chi connectivity index (χ2n) is 8.65. The number of benzene rings is 1. The molecule has 1 aromatic carbocycles. The Balaban J connectivity index is 0.000000479. The second kappa shape index (κ2) is 10.9. The first-order chi connectivity index (χ1) is 17.3. The highest BCUT2D eigenvalue weighted by molar-refractivity contribution is 5.78. The molecule has 1 aromatic heterocycles. The van der Waals surface area contributed by atoms with Crippen LogP contribution in [0.3, 0.4) is 0 Å². The molecule has 0 saturated carbocycles. The molecule has 37 heavy (non-hydrogen) atoms. The molecule has 14 heteroatoms. The zero-order chi connectivity index (χ0) is 27.5. The fraction of sp³-hybridized carbons (Fsp3) is 0.435. The molecule has 3 heterocycles. The number of carbonyl (C=O) groups excluding carboxylic acids is 1. The third kappa shape index (κ3) is 6.35. The van der Waals surface area contributed by atoms with E-state index >= 15 is 0 Å². The number of alkyl halides is 3. The molecular weight excluding hydrogens is 502 g/mol. The minimum atomic E-state index is -5.08. The number of carboxylic acids is 1. The van der Waals surface area contributed by atoms with Crippen LogP contribution in [0.25, 0.3) is 0 Å². The summed E-state index contributed by atoms with van der Waals surface area (Å²) in [6, 6.07) is 7.69. The summed E-state index contributed by atoms with van der Waals surface area (Å²) in [4.78, 5) is 41.7. The van der Waals surface area contributed by atoms with Crippen molar-refractivity contribution in [1.82, 2.24) is 14.5 Å². The van der Waals surface area contributed by atoms with Crippen LogP contribution in [-0.4, -0.2) is 63.3 Å². The van der Waals surface area contributed by atoms with Crippen molar-refractivity contribution >= 4 is 17.7 Å². The van der Waals surface area contributed by atoms with Crippen molar-refractivity contribution in [3.63, 3.8) is 0 Å². The van der Waals surface area contributed by atoms with Crippen LogP contribution in [0.4, 0.5) is 23.4 Å².